The normalized spacial score (nSPS) is 15.7. The van der Waals surface area contributed by atoms with E-state index >= 15 is 0 Å². The van der Waals surface area contributed by atoms with Crippen LogP contribution in [-0.4, -0.2) is 111 Å². The lowest BCUT2D eigenvalue weighted by molar-refractivity contribution is -0.127. The number of carbonyl (C=O) groups excluding carboxylic acids is 3. The van der Waals surface area contributed by atoms with Gasteiger partial charge in [-0.3, -0.25) is 30.1 Å². The van der Waals surface area contributed by atoms with Gasteiger partial charge in [0.1, 0.15) is 11.5 Å². The first-order chi connectivity index (χ1) is 20.9. The number of rotatable bonds is 12. The molecule has 2 fully saturated rings. The van der Waals surface area contributed by atoms with Crippen LogP contribution in [0.1, 0.15) is 18.7 Å². The molecule has 2 aliphatic rings. The van der Waals surface area contributed by atoms with Crippen molar-refractivity contribution in [2.24, 2.45) is 5.92 Å². The van der Waals surface area contributed by atoms with E-state index in [1.807, 2.05) is 0 Å². The van der Waals surface area contributed by atoms with Crippen molar-refractivity contribution in [1.29, 1.82) is 10.8 Å². The van der Waals surface area contributed by atoms with Gasteiger partial charge in [0.2, 0.25) is 11.8 Å². The summed E-state index contributed by atoms with van der Waals surface area (Å²) in [5, 5.41) is 26.1. The molecule has 0 atom stereocenters. The lowest BCUT2D eigenvalue weighted by atomic mass is 9.49. The molecule has 1 aromatic heterocycles. The molecule has 2 heterocycles. The maximum Gasteiger partial charge on any atom is 0.269 e. The zero-order chi connectivity index (χ0) is 32.0. The number of nitrogens with zero attached hydrogens (tertiary/aromatic N) is 4. The Bertz CT molecular complexity index is 1490. The van der Waals surface area contributed by atoms with Gasteiger partial charge in [0.25, 0.3) is 11.8 Å². The van der Waals surface area contributed by atoms with Crippen molar-refractivity contribution in [2.45, 2.75) is 24.6 Å². The minimum Gasteiger partial charge on any atom is -0.494 e. The highest BCUT2D eigenvalue weighted by molar-refractivity contribution is 6.61. The largest absolute Gasteiger partial charge is 0.494 e. The molecule has 0 unspecified atom stereocenters. The quantitative estimate of drug-likeness (QED) is 0.0947. The van der Waals surface area contributed by atoms with Crippen molar-refractivity contribution in [1.82, 2.24) is 30.6 Å². The number of amides is 3. The number of hydrogen-bond acceptors (Lipinski definition) is 11. The molecular formula is C27H30B3N9O5. The fourth-order valence-corrected chi connectivity index (χ4v) is 4.36. The Morgan fingerprint density at radius 2 is 1.89 bits per heavy atom. The fraction of sp³-hybridized carbons (Fsp3) is 0.370. The van der Waals surface area contributed by atoms with Crippen LogP contribution in [0, 0.1) is 16.7 Å². The highest BCUT2D eigenvalue weighted by Gasteiger charge is 2.30. The molecule has 3 amide bonds. The van der Waals surface area contributed by atoms with E-state index < -0.39 is 16.9 Å². The maximum absolute atomic E-state index is 12.7. The average molecular weight is 593 g/mol. The Balaban J connectivity index is 1.54. The highest BCUT2D eigenvalue weighted by Crippen LogP contribution is 2.36. The number of amidine groups is 1. The van der Waals surface area contributed by atoms with Gasteiger partial charge in [-0.25, -0.2) is 0 Å². The van der Waals surface area contributed by atoms with E-state index in [0.717, 1.165) is 18.9 Å². The lowest BCUT2D eigenvalue weighted by Crippen LogP contribution is -2.52. The number of aromatic nitrogens is 2. The van der Waals surface area contributed by atoms with Gasteiger partial charge >= 0.3 is 0 Å². The molecule has 44 heavy (non-hydrogen) atoms. The van der Waals surface area contributed by atoms with Gasteiger partial charge in [-0.2, -0.15) is 4.98 Å². The molecule has 17 heteroatoms. The van der Waals surface area contributed by atoms with Crippen molar-refractivity contribution in [3.05, 3.63) is 48.5 Å². The summed E-state index contributed by atoms with van der Waals surface area (Å²) < 4.78 is 11.2. The molecule has 2 aromatic rings. The third-order valence-electron chi connectivity index (χ3n) is 6.73. The highest BCUT2D eigenvalue weighted by atomic mass is 16.5. The molecule has 1 saturated carbocycles. The summed E-state index contributed by atoms with van der Waals surface area (Å²) in [6, 6.07) is 4.95. The monoisotopic (exact) mass is 593 g/mol. The number of benzene rings is 1. The average Bonchev–Trinajstić information content (AvgIpc) is 3.74. The van der Waals surface area contributed by atoms with E-state index in [0.29, 0.717) is 44.1 Å². The van der Waals surface area contributed by atoms with E-state index in [-0.39, 0.29) is 46.6 Å². The number of nitrogens with one attached hydrogen (secondary N) is 5. The molecule has 0 bridgehead atoms. The Hall–Kier alpha value is -4.66. The van der Waals surface area contributed by atoms with Crippen LogP contribution in [-0.2, 0) is 20.9 Å². The maximum atomic E-state index is 12.7. The second kappa shape index (κ2) is 13.8. The van der Waals surface area contributed by atoms with E-state index in [1.54, 1.807) is 23.1 Å². The number of hydrogen-bond donors (Lipinski definition) is 5. The van der Waals surface area contributed by atoms with Crippen molar-refractivity contribution in [2.75, 3.05) is 38.6 Å². The molecule has 14 nitrogen and oxygen atoms in total. The van der Waals surface area contributed by atoms with Gasteiger partial charge in [0, 0.05) is 38.2 Å². The molecule has 1 aliphatic heterocycles. The molecular weight excluding hydrogens is 563 g/mol. The Morgan fingerprint density at radius 3 is 2.50 bits per heavy atom. The van der Waals surface area contributed by atoms with Gasteiger partial charge < -0.3 is 30.1 Å². The molecule has 1 aliphatic carbocycles. The number of carbonyl (C=O) groups is 3. The summed E-state index contributed by atoms with van der Waals surface area (Å²) in [4.78, 5) is 45.0. The summed E-state index contributed by atoms with van der Waals surface area (Å²) in [5.74, 6) is -1.18. The van der Waals surface area contributed by atoms with E-state index in [9.17, 15) is 14.4 Å². The molecule has 5 N–H and O–H groups in total. The van der Waals surface area contributed by atoms with E-state index in [2.05, 4.69) is 37.6 Å². The summed E-state index contributed by atoms with van der Waals surface area (Å²) in [6.07, 6.45) is 3.86. The number of para-hydroxylation sites is 1. The predicted molar refractivity (Wildman–Crippen MR) is 165 cm³/mol. The summed E-state index contributed by atoms with van der Waals surface area (Å²) in [7, 11) is 17.8. The van der Waals surface area contributed by atoms with Crippen LogP contribution in [0.5, 0.6) is 5.75 Å². The summed E-state index contributed by atoms with van der Waals surface area (Å²) in [6.45, 7) is 6.32. The van der Waals surface area contributed by atoms with Crippen LogP contribution >= 0.6 is 0 Å². The number of piperazine rings is 1. The molecule has 4 rings (SSSR count). The number of methoxy groups -OCH3 is 1. The van der Waals surface area contributed by atoms with Crippen LogP contribution in [0.3, 0.4) is 0 Å². The van der Waals surface area contributed by atoms with Crippen LogP contribution < -0.4 is 20.7 Å². The Labute approximate surface area is 258 Å². The Morgan fingerprint density at radius 1 is 1.18 bits per heavy atom. The zero-order valence-electron chi connectivity index (χ0n) is 24.2. The molecule has 0 spiro atoms. The van der Waals surface area contributed by atoms with Crippen molar-refractivity contribution < 1.29 is 23.6 Å². The van der Waals surface area contributed by atoms with Gasteiger partial charge in [0.05, 0.1) is 54.1 Å². The molecule has 222 valence electrons. The third-order valence-corrected chi connectivity index (χ3v) is 6.73. The molecule has 1 saturated heterocycles. The summed E-state index contributed by atoms with van der Waals surface area (Å²) >= 11 is 0. The lowest BCUT2D eigenvalue weighted by Gasteiger charge is -2.33. The van der Waals surface area contributed by atoms with Crippen molar-refractivity contribution in [3.8, 4) is 17.2 Å². The number of anilines is 1. The first kappa shape index (κ1) is 32.3. The van der Waals surface area contributed by atoms with Crippen molar-refractivity contribution >= 4 is 58.5 Å². The second-order valence-corrected chi connectivity index (χ2v) is 10.3. The third kappa shape index (κ3) is 8.46. The van der Waals surface area contributed by atoms with Gasteiger partial charge in [-0.15, -0.1) is 0 Å². The van der Waals surface area contributed by atoms with Gasteiger partial charge in [-0.05, 0) is 31.1 Å². The van der Waals surface area contributed by atoms with E-state index in [1.165, 1.54) is 13.2 Å². The number of ether oxygens (including phenoxy) is 1. The SMILES string of the molecule is [B]C([B])([B])NC(=O)C(=N)/C(=C\C(=N)NC(=O)C1CC1)Nc1cccc(-c2nc(CN3CCN(C(=O)C=C)CC3)no2)c1OC. The predicted octanol–water partition coefficient (Wildman–Crippen LogP) is -0.373. The second-order valence-electron chi connectivity index (χ2n) is 10.3. The van der Waals surface area contributed by atoms with Crippen LogP contribution in [0.15, 0.2) is 47.2 Å². The van der Waals surface area contributed by atoms with E-state index in [4.69, 9.17) is 43.6 Å². The standard InChI is InChI=1S/C27H30B3N9O5/c1-3-21(40)39-11-9-38(10-12-39)14-20-35-26(44-37-20)16-5-4-6-17(23(16)43-2)33-18(22(32)25(42)36-27(28,29)30)13-19(31)34-24(41)15-7-8-15/h3-6,13,15,32-33H,1,7-12,14H2,2H3,(H,36,42)(H2,31,34,41)/b18-13+,32-22?. The minimum atomic E-state index is -2.11. The minimum absolute atomic E-state index is 0.105. The summed E-state index contributed by atoms with van der Waals surface area (Å²) in [5.41, 5.74) is -0.181. The fourth-order valence-electron chi connectivity index (χ4n) is 4.36. The topological polar surface area (TPSA) is 190 Å². The molecule has 6 radical (unpaired) electrons. The first-order valence-electron chi connectivity index (χ1n) is 13.7. The van der Waals surface area contributed by atoms with Crippen LogP contribution in [0.25, 0.3) is 11.5 Å². The smallest absolute Gasteiger partial charge is 0.269 e. The molecule has 1 aromatic carbocycles. The Kier molecular flexibility index (Phi) is 10.1. The van der Waals surface area contributed by atoms with Gasteiger partial charge in [-0.1, -0.05) is 23.0 Å². The first-order valence-corrected chi connectivity index (χ1v) is 13.7. The van der Waals surface area contributed by atoms with Crippen LogP contribution in [0.4, 0.5) is 5.69 Å². The van der Waals surface area contributed by atoms with Crippen molar-refractivity contribution in [3.63, 3.8) is 0 Å². The zero-order valence-corrected chi connectivity index (χ0v) is 24.2. The van der Waals surface area contributed by atoms with Crippen LogP contribution in [0.2, 0.25) is 0 Å². The van der Waals surface area contributed by atoms with Gasteiger partial charge in [0.15, 0.2) is 11.6 Å².